The van der Waals surface area contributed by atoms with Crippen LogP contribution in [-0.2, 0) is 0 Å². The summed E-state index contributed by atoms with van der Waals surface area (Å²) in [6, 6.07) is 0. The summed E-state index contributed by atoms with van der Waals surface area (Å²) >= 11 is 0.935. The predicted octanol–water partition coefficient (Wildman–Crippen LogP) is 1.73. The van der Waals surface area contributed by atoms with Crippen molar-refractivity contribution < 1.29 is 13.2 Å². The van der Waals surface area contributed by atoms with Crippen LogP contribution in [0.2, 0.25) is 0 Å². The SMILES string of the molecule is FC(F)(F)C1=NCS[C]1. The predicted molar refractivity (Wildman–Crippen MR) is 29.2 cm³/mol. The van der Waals surface area contributed by atoms with Gasteiger partial charge in [-0.05, 0) is 0 Å². The molecule has 0 fully saturated rings. The second-order valence-electron chi connectivity index (χ2n) is 1.38. The number of alkyl halides is 3. The van der Waals surface area contributed by atoms with Crippen molar-refractivity contribution in [1.29, 1.82) is 0 Å². The first-order chi connectivity index (χ1) is 4.11. The smallest absolute Gasteiger partial charge is 0.272 e. The van der Waals surface area contributed by atoms with Crippen LogP contribution in [0.4, 0.5) is 13.2 Å². The van der Waals surface area contributed by atoms with E-state index in [0.717, 1.165) is 11.8 Å². The van der Waals surface area contributed by atoms with Crippen molar-refractivity contribution in [2.45, 2.75) is 6.18 Å². The molecule has 1 aliphatic rings. The highest BCUT2D eigenvalue weighted by Crippen LogP contribution is 2.27. The van der Waals surface area contributed by atoms with Gasteiger partial charge in [-0.1, -0.05) is 0 Å². The fourth-order valence-electron chi connectivity index (χ4n) is 0.377. The summed E-state index contributed by atoms with van der Waals surface area (Å²) in [5.74, 6) is 2.19. The molecule has 1 rings (SSSR count). The number of rotatable bonds is 0. The highest BCUT2D eigenvalue weighted by atomic mass is 32.2. The Kier molecular flexibility index (Phi) is 1.70. The largest absolute Gasteiger partial charge is 0.430 e. The monoisotopic (exact) mass is 153 g/mol. The maximum atomic E-state index is 11.6. The van der Waals surface area contributed by atoms with E-state index in [4.69, 9.17) is 0 Å². The third-order valence-corrected chi connectivity index (χ3v) is 1.32. The molecular weight excluding hydrogens is 151 g/mol. The van der Waals surface area contributed by atoms with E-state index in [0.29, 0.717) is 0 Å². The molecule has 1 nitrogen and oxygen atoms in total. The van der Waals surface area contributed by atoms with E-state index >= 15 is 0 Å². The number of nitrogens with zero attached hydrogens (tertiary/aromatic N) is 1. The lowest BCUT2D eigenvalue weighted by Gasteiger charge is -2.01. The van der Waals surface area contributed by atoms with Crippen LogP contribution < -0.4 is 0 Å². The van der Waals surface area contributed by atoms with Crippen molar-refractivity contribution in [1.82, 2.24) is 0 Å². The Morgan fingerprint density at radius 2 is 2.22 bits per heavy atom. The van der Waals surface area contributed by atoms with E-state index < -0.39 is 11.9 Å². The Labute approximate surface area is 54.3 Å². The van der Waals surface area contributed by atoms with Crippen LogP contribution in [0.3, 0.4) is 0 Å². The molecule has 2 radical (unpaired) electrons. The molecule has 0 aromatic heterocycles. The minimum atomic E-state index is -4.30. The molecular formula is C4H2F3NS. The molecule has 0 spiro atoms. The summed E-state index contributed by atoms with van der Waals surface area (Å²) in [5, 5.41) is 0. The average Bonchev–Trinajstić information content (AvgIpc) is 2.08. The second kappa shape index (κ2) is 2.21. The van der Waals surface area contributed by atoms with E-state index in [9.17, 15) is 13.2 Å². The Morgan fingerprint density at radius 3 is 2.44 bits per heavy atom. The normalized spacial score (nSPS) is 20.1. The molecule has 0 saturated carbocycles. The maximum Gasteiger partial charge on any atom is 0.430 e. The zero-order valence-electron chi connectivity index (χ0n) is 4.20. The van der Waals surface area contributed by atoms with Gasteiger partial charge in [0.15, 0.2) is 0 Å². The lowest BCUT2D eigenvalue weighted by atomic mass is 10.4. The average molecular weight is 153 g/mol. The molecule has 0 saturated heterocycles. The van der Waals surface area contributed by atoms with Crippen LogP contribution in [0.25, 0.3) is 0 Å². The van der Waals surface area contributed by atoms with Crippen molar-refractivity contribution in [2.75, 3.05) is 5.88 Å². The summed E-state index contributed by atoms with van der Waals surface area (Å²) in [5.41, 5.74) is -0.882. The van der Waals surface area contributed by atoms with Gasteiger partial charge in [0.2, 0.25) is 0 Å². The summed E-state index contributed by atoms with van der Waals surface area (Å²) < 4.78 is 34.7. The minimum Gasteiger partial charge on any atom is -0.272 e. The minimum absolute atomic E-state index is 0.148. The molecule has 0 atom stereocenters. The van der Waals surface area contributed by atoms with Crippen LogP contribution in [0.1, 0.15) is 0 Å². The Hall–Kier alpha value is -0.190. The number of halogens is 3. The van der Waals surface area contributed by atoms with Crippen molar-refractivity contribution in [3.63, 3.8) is 0 Å². The van der Waals surface area contributed by atoms with Gasteiger partial charge in [0.25, 0.3) is 0 Å². The molecule has 0 unspecified atom stereocenters. The van der Waals surface area contributed by atoms with E-state index in [1.165, 1.54) is 0 Å². The van der Waals surface area contributed by atoms with Crippen molar-refractivity contribution >= 4 is 17.5 Å². The molecule has 0 aliphatic carbocycles. The molecule has 1 heterocycles. The maximum absolute atomic E-state index is 11.6. The van der Waals surface area contributed by atoms with Gasteiger partial charge in [-0.15, -0.1) is 11.8 Å². The fraction of sp³-hybridized carbons (Fsp3) is 0.500. The Balaban J connectivity index is 2.61. The van der Waals surface area contributed by atoms with Crippen LogP contribution in [0.15, 0.2) is 4.99 Å². The standard InChI is InChI=1S/C4H2F3NS/c5-4(6,7)3-1-9-2-8-3/h2H2. The number of hydrogen-bond acceptors (Lipinski definition) is 2. The fourth-order valence-corrected chi connectivity index (χ4v) is 0.952. The zero-order valence-corrected chi connectivity index (χ0v) is 5.01. The van der Waals surface area contributed by atoms with Gasteiger partial charge in [0.1, 0.15) is 11.5 Å². The molecule has 0 aromatic carbocycles. The van der Waals surface area contributed by atoms with E-state index in [2.05, 4.69) is 4.99 Å². The highest BCUT2D eigenvalue weighted by molar-refractivity contribution is 8.02. The van der Waals surface area contributed by atoms with Crippen molar-refractivity contribution in [3.05, 3.63) is 5.75 Å². The van der Waals surface area contributed by atoms with Gasteiger partial charge in [-0.2, -0.15) is 13.2 Å². The summed E-state index contributed by atoms with van der Waals surface area (Å²) in [4.78, 5) is 3.15. The van der Waals surface area contributed by atoms with Crippen molar-refractivity contribution in [3.8, 4) is 0 Å². The van der Waals surface area contributed by atoms with E-state index in [1.807, 2.05) is 5.75 Å². The molecule has 50 valence electrons. The summed E-state index contributed by atoms with van der Waals surface area (Å²) in [6.45, 7) is 0. The van der Waals surface area contributed by atoms with Crippen LogP contribution in [-0.4, -0.2) is 17.8 Å². The lowest BCUT2D eigenvalue weighted by Crippen LogP contribution is -2.20. The molecule has 1 aliphatic heterocycles. The molecule has 5 heteroatoms. The van der Waals surface area contributed by atoms with E-state index in [1.54, 1.807) is 0 Å². The highest BCUT2D eigenvalue weighted by Gasteiger charge is 2.37. The van der Waals surface area contributed by atoms with Gasteiger partial charge in [-0.3, -0.25) is 4.99 Å². The Morgan fingerprint density at radius 1 is 1.56 bits per heavy atom. The first kappa shape index (κ1) is 6.92. The summed E-state index contributed by atoms with van der Waals surface area (Å²) in [7, 11) is 0. The zero-order chi connectivity index (χ0) is 6.91. The third kappa shape index (κ3) is 1.61. The van der Waals surface area contributed by atoms with Gasteiger partial charge < -0.3 is 0 Å². The molecule has 0 bridgehead atoms. The van der Waals surface area contributed by atoms with Gasteiger partial charge in [0.05, 0.1) is 5.88 Å². The summed E-state index contributed by atoms with van der Waals surface area (Å²) in [6.07, 6.45) is -4.30. The van der Waals surface area contributed by atoms with Crippen LogP contribution >= 0.6 is 11.8 Å². The van der Waals surface area contributed by atoms with E-state index in [-0.39, 0.29) is 5.88 Å². The molecule has 0 N–H and O–H groups in total. The van der Waals surface area contributed by atoms with Crippen LogP contribution in [0, 0.1) is 5.75 Å². The first-order valence-corrected chi connectivity index (χ1v) is 3.09. The van der Waals surface area contributed by atoms with Crippen molar-refractivity contribution in [2.24, 2.45) is 4.99 Å². The van der Waals surface area contributed by atoms with Gasteiger partial charge in [-0.25, -0.2) is 0 Å². The number of hydrogen-bond donors (Lipinski definition) is 0. The number of thioether (sulfide) groups is 1. The quantitative estimate of drug-likeness (QED) is 0.516. The molecule has 0 amide bonds. The van der Waals surface area contributed by atoms with Crippen LogP contribution in [0.5, 0.6) is 0 Å². The Bertz CT molecular complexity index is 139. The topological polar surface area (TPSA) is 12.4 Å². The third-order valence-electron chi connectivity index (χ3n) is 0.725. The second-order valence-corrected chi connectivity index (χ2v) is 2.13. The number of aliphatic imine (C=N–C) groups is 1. The molecule has 9 heavy (non-hydrogen) atoms. The molecule has 0 aromatic rings. The van der Waals surface area contributed by atoms with Gasteiger partial charge in [0, 0.05) is 0 Å². The first-order valence-electron chi connectivity index (χ1n) is 2.10. The van der Waals surface area contributed by atoms with Gasteiger partial charge >= 0.3 is 6.18 Å². The lowest BCUT2D eigenvalue weighted by molar-refractivity contribution is -0.0579.